The zero-order valence-electron chi connectivity index (χ0n) is 16.4. The number of rotatable bonds is 6. The van der Waals surface area contributed by atoms with Crippen molar-refractivity contribution in [1.82, 2.24) is 5.32 Å². The largest absolute Gasteiger partial charge is 0.490 e. The van der Waals surface area contributed by atoms with Crippen LogP contribution < -0.4 is 19.7 Å². The van der Waals surface area contributed by atoms with Crippen LogP contribution in [0.25, 0.3) is 0 Å². The molecule has 152 valence electrons. The Morgan fingerprint density at radius 1 is 0.867 bits per heavy atom. The number of anilines is 1. The van der Waals surface area contributed by atoms with Crippen molar-refractivity contribution in [3.63, 3.8) is 0 Å². The third-order valence-corrected chi connectivity index (χ3v) is 5.16. The Labute approximate surface area is 181 Å². The molecule has 1 aliphatic rings. The van der Waals surface area contributed by atoms with Crippen molar-refractivity contribution in [2.75, 3.05) is 24.7 Å². The number of benzene rings is 3. The number of hydrogen-bond acceptors (Lipinski definition) is 4. The van der Waals surface area contributed by atoms with Gasteiger partial charge in [0.1, 0.15) is 24.7 Å². The Kier molecular flexibility index (Phi) is 6.25. The fourth-order valence-corrected chi connectivity index (χ4v) is 3.61. The second-order valence-electron chi connectivity index (χ2n) is 6.82. The van der Waals surface area contributed by atoms with E-state index in [0.717, 1.165) is 24.4 Å². The van der Waals surface area contributed by atoms with Crippen molar-refractivity contribution in [3.05, 3.63) is 90.0 Å². The number of thiocarbonyl (C=S) groups is 1. The molecule has 0 saturated carbocycles. The number of nitrogens with zero attached hydrogens (tertiary/aromatic N) is 1. The van der Waals surface area contributed by atoms with E-state index >= 15 is 0 Å². The highest BCUT2D eigenvalue weighted by Crippen LogP contribution is 2.27. The third kappa shape index (κ3) is 4.78. The summed E-state index contributed by atoms with van der Waals surface area (Å²) in [6, 6.07) is 24.7. The molecule has 1 aliphatic heterocycles. The maximum Gasteiger partial charge on any atom is 0.257 e. The van der Waals surface area contributed by atoms with Gasteiger partial charge in [0, 0.05) is 17.8 Å². The minimum atomic E-state index is -0.233. The molecule has 0 aliphatic carbocycles. The number of carbonyl (C=O) groups excluding carboxylic acids is 1. The molecule has 4 rings (SSSR count). The van der Waals surface area contributed by atoms with Gasteiger partial charge in [-0.1, -0.05) is 36.4 Å². The van der Waals surface area contributed by atoms with Crippen LogP contribution >= 0.6 is 12.2 Å². The molecule has 0 bridgehead atoms. The summed E-state index contributed by atoms with van der Waals surface area (Å²) < 4.78 is 11.3. The molecule has 6 heteroatoms. The SMILES string of the molecule is O=C(NC(=S)N1CCc2ccccc21)c1ccc(OCCOc2ccccc2)cc1. The van der Waals surface area contributed by atoms with E-state index in [1.807, 2.05) is 53.4 Å². The zero-order chi connectivity index (χ0) is 20.8. The Bertz CT molecular complexity index is 1020. The number of nitrogens with one attached hydrogen (secondary N) is 1. The Balaban J connectivity index is 1.26. The molecular weight excluding hydrogens is 396 g/mol. The summed E-state index contributed by atoms with van der Waals surface area (Å²) in [5.41, 5.74) is 2.83. The van der Waals surface area contributed by atoms with Crippen LogP contribution in [-0.4, -0.2) is 30.8 Å². The number of amides is 1. The third-order valence-electron chi connectivity index (χ3n) is 4.83. The van der Waals surface area contributed by atoms with Gasteiger partial charge in [-0.25, -0.2) is 0 Å². The summed E-state index contributed by atoms with van der Waals surface area (Å²) >= 11 is 5.46. The molecule has 0 atom stereocenters. The van der Waals surface area contributed by atoms with Crippen molar-refractivity contribution in [1.29, 1.82) is 0 Å². The second-order valence-corrected chi connectivity index (χ2v) is 7.21. The molecule has 0 unspecified atom stereocenters. The number of ether oxygens (including phenoxy) is 2. The lowest BCUT2D eigenvalue weighted by Gasteiger charge is -2.20. The minimum Gasteiger partial charge on any atom is -0.490 e. The van der Waals surface area contributed by atoms with E-state index in [2.05, 4.69) is 11.4 Å². The monoisotopic (exact) mass is 418 g/mol. The molecule has 5 nitrogen and oxygen atoms in total. The number of carbonyl (C=O) groups is 1. The molecule has 0 radical (unpaired) electrons. The summed E-state index contributed by atoms with van der Waals surface area (Å²) in [5, 5.41) is 3.25. The van der Waals surface area contributed by atoms with Crippen LogP contribution in [0, 0.1) is 0 Å². The average molecular weight is 419 g/mol. The molecule has 0 saturated heterocycles. The van der Waals surface area contributed by atoms with Gasteiger partial charge in [-0.05, 0) is 66.7 Å². The van der Waals surface area contributed by atoms with Crippen molar-refractivity contribution in [2.45, 2.75) is 6.42 Å². The highest BCUT2D eigenvalue weighted by atomic mass is 32.1. The highest BCUT2D eigenvalue weighted by Gasteiger charge is 2.23. The van der Waals surface area contributed by atoms with Crippen LogP contribution in [0.4, 0.5) is 5.69 Å². The zero-order valence-corrected chi connectivity index (χ0v) is 17.2. The first-order valence-corrected chi connectivity index (χ1v) is 10.2. The van der Waals surface area contributed by atoms with Gasteiger partial charge in [-0.2, -0.15) is 0 Å². The molecule has 1 amide bonds. The number of fused-ring (bicyclic) bond motifs is 1. The van der Waals surface area contributed by atoms with Crippen molar-refractivity contribution in [2.24, 2.45) is 0 Å². The fourth-order valence-electron chi connectivity index (χ4n) is 3.32. The molecule has 30 heavy (non-hydrogen) atoms. The maximum absolute atomic E-state index is 12.6. The number of hydrogen-bond donors (Lipinski definition) is 1. The lowest BCUT2D eigenvalue weighted by Crippen LogP contribution is -2.41. The Morgan fingerprint density at radius 2 is 1.50 bits per heavy atom. The summed E-state index contributed by atoms with van der Waals surface area (Å²) in [7, 11) is 0. The smallest absolute Gasteiger partial charge is 0.257 e. The van der Waals surface area contributed by atoms with E-state index < -0.39 is 0 Å². The first kappa shape index (κ1) is 19.9. The fraction of sp³-hybridized carbons (Fsp3) is 0.167. The van der Waals surface area contributed by atoms with Crippen LogP contribution in [-0.2, 0) is 6.42 Å². The van der Waals surface area contributed by atoms with Gasteiger partial charge in [0.2, 0.25) is 0 Å². The lowest BCUT2D eigenvalue weighted by atomic mass is 10.2. The summed E-state index contributed by atoms with van der Waals surface area (Å²) in [6.45, 7) is 1.63. The van der Waals surface area contributed by atoms with Gasteiger partial charge < -0.3 is 14.4 Å². The second kappa shape index (κ2) is 9.41. The molecule has 1 heterocycles. The Morgan fingerprint density at radius 3 is 2.23 bits per heavy atom. The van der Waals surface area contributed by atoms with Crippen molar-refractivity contribution < 1.29 is 14.3 Å². The van der Waals surface area contributed by atoms with Crippen LogP contribution in [0.5, 0.6) is 11.5 Å². The molecule has 3 aromatic carbocycles. The molecule has 0 aromatic heterocycles. The summed E-state index contributed by atoms with van der Waals surface area (Å²) in [4.78, 5) is 14.5. The van der Waals surface area contributed by atoms with Gasteiger partial charge in [0.05, 0.1) is 0 Å². The van der Waals surface area contributed by atoms with Crippen LogP contribution in [0.2, 0.25) is 0 Å². The highest BCUT2D eigenvalue weighted by molar-refractivity contribution is 7.80. The minimum absolute atomic E-state index is 0.233. The van der Waals surface area contributed by atoms with E-state index in [-0.39, 0.29) is 5.91 Å². The van der Waals surface area contributed by atoms with Gasteiger partial charge >= 0.3 is 0 Å². The molecule has 1 N–H and O–H groups in total. The topological polar surface area (TPSA) is 50.8 Å². The van der Waals surface area contributed by atoms with Gasteiger partial charge in [-0.15, -0.1) is 0 Å². The van der Waals surface area contributed by atoms with E-state index in [1.54, 1.807) is 24.3 Å². The van der Waals surface area contributed by atoms with Crippen LogP contribution in [0.15, 0.2) is 78.9 Å². The predicted molar refractivity (Wildman–Crippen MR) is 121 cm³/mol. The first-order chi connectivity index (χ1) is 14.7. The first-order valence-electron chi connectivity index (χ1n) is 9.82. The van der Waals surface area contributed by atoms with E-state index in [1.165, 1.54) is 5.56 Å². The van der Waals surface area contributed by atoms with Crippen LogP contribution in [0.1, 0.15) is 15.9 Å². The molecular formula is C24H22N2O3S. The van der Waals surface area contributed by atoms with Crippen molar-refractivity contribution >= 4 is 28.9 Å². The van der Waals surface area contributed by atoms with E-state index in [9.17, 15) is 4.79 Å². The number of para-hydroxylation sites is 2. The summed E-state index contributed by atoms with van der Waals surface area (Å²) in [6.07, 6.45) is 0.923. The normalized spacial score (nSPS) is 12.2. The van der Waals surface area contributed by atoms with Crippen molar-refractivity contribution in [3.8, 4) is 11.5 Å². The quantitative estimate of drug-likeness (QED) is 0.480. The molecule has 3 aromatic rings. The van der Waals surface area contributed by atoms with E-state index in [4.69, 9.17) is 21.7 Å². The predicted octanol–water partition coefficient (Wildman–Crippen LogP) is 4.22. The maximum atomic E-state index is 12.6. The Hall–Kier alpha value is -3.38. The lowest BCUT2D eigenvalue weighted by molar-refractivity contribution is 0.0977. The standard InChI is InChI=1S/C24H22N2O3S/c27-23(25-24(30)26-15-14-18-6-4-5-9-22(18)26)19-10-12-21(13-11-19)29-17-16-28-20-7-2-1-3-8-20/h1-13H,14-17H2,(H,25,27,30). The van der Waals surface area contributed by atoms with E-state index in [0.29, 0.717) is 29.6 Å². The van der Waals surface area contributed by atoms with Crippen LogP contribution in [0.3, 0.4) is 0 Å². The van der Waals surface area contributed by atoms with Gasteiger partial charge in [0.15, 0.2) is 5.11 Å². The summed E-state index contributed by atoms with van der Waals surface area (Å²) in [5.74, 6) is 1.26. The average Bonchev–Trinajstić information content (AvgIpc) is 3.22. The molecule has 0 spiro atoms. The van der Waals surface area contributed by atoms with Gasteiger partial charge in [0.25, 0.3) is 5.91 Å². The molecule has 0 fully saturated rings. The van der Waals surface area contributed by atoms with Gasteiger partial charge in [-0.3, -0.25) is 10.1 Å².